The van der Waals surface area contributed by atoms with Crippen LogP contribution in [0.3, 0.4) is 0 Å². The highest BCUT2D eigenvalue weighted by molar-refractivity contribution is 5.89. The second-order valence-electron chi connectivity index (χ2n) is 18.4. The predicted octanol–water partition coefficient (Wildman–Crippen LogP) is 4.83. The first kappa shape index (κ1) is 61.6. The van der Waals surface area contributed by atoms with E-state index in [1.54, 1.807) is 12.1 Å². The van der Waals surface area contributed by atoms with Crippen LogP contribution in [0.25, 0.3) is 0 Å². The third-order valence-electron chi connectivity index (χ3n) is 11.7. The number of carbonyl (C=O) groups is 9. The van der Waals surface area contributed by atoms with Crippen molar-refractivity contribution in [3.8, 4) is 5.75 Å². The van der Waals surface area contributed by atoms with Crippen LogP contribution in [0.15, 0.2) is 24.3 Å². The molecule has 0 saturated heterocycles. The van der Waals surface area contributed by atoms with Gasteiger partial charge in [0, 0.05) is 38.6 Å². The van der Waals surface area contributed by atoms with Crippen LogP contribution in [0, 0.1) is 5.92 Å². The highest BCUT2D eigenvalue weighted by atomic mass is 16.4. The summed E-state index contributed by atoms with van der Waals surface area (Å²) >= 11 is 0. The number of hydrogen-bond acceptors (Lipinski definition) is 12. The molecular formula is C50H82N6O13. The number of nitrogens with two attached hydrogens (primary N) is 1. The average molecular weight is 975 g/mol. The zero-order valence-corrected chi connectivity index (χ0v) is 41.0. The molecule has 0 aliphatic carbocycles. The molecule has 0 aliphatic rings. The number of carbonyl (C=O) groups excluding carboxylic acids is 6. The average Bonchev–Trinajstić information content (AvgIpc) is 3.28. The number of aromatic hydroxyl groups is 1. The number of unbranched alkanes of at least 4 members (excludes halogenated alkanes) is 14. The molecule has 0 aliphatic heterocycles. The number of Topliss-reactive ketones (excluding diaryl/α,β-unsaturated/α-hetero) is 2. The fraction of sp³-hybridized carbons (Fsp3) is 0.700. The van der Waals surface area contributed by atoms with E-state index in [1.807, 2.05) is 13.8 Å². The molecule has 69 heavy (non-hydrogen) atoms. The lowest BCUT2D eigenvalue weighted by Gasteiger charge is -2.20. The number of rotatable bonds is 44. The maximum atomic E-state index is 13.3. The number of benzene rings is 1. The third-order valence-corrected chi connectivity index (χ3v) is 11.7. The molecule has 0 fully saturated rings. The second kappa shape index (κ2) is 37.5. The highest BCUT2D eigenvalue weighted by Crippen LogP contribution is 2.15. The Morgan fingerprint density at radius 3 is 1.46 bits per heavy atom. The van der Waals surface area contributed by atoms with Crippen LogP contribution < -0.4 is 32.3 Å². The minimum Gasteiger partial charge on any atom is -0.508 e. The lowest BCUT2D eigenvalue weighted by molar-refractivity contribution is -0.143. The summed E-state index contributed by atoms with van der Waals surface area (Å²) in [4.78, 5) is 110. The van der Waals surface area contributed by atoms with Gasteiger partial charge in [0.2, 0.25) is 23.6 Å². The van der Waals surface area contributed by atoms with Gasteiger partial charge in [0.15, 0.2) is 5.78 Å². The normalized spacial score (nSPS) is 12.9. The number of phenolic OH excluding ortho intramolecular Hbond substituents is 1. The topological polar surface area (TPSA) is 321 Å². The number of carboxylic acids is 3. The van der Waals surface area contributed by atoms with Crippen LogP contribution >= 0.6 is 0 Å². The van der Waals surface area contributed by atoms with Gasteiger partial charge in [-0.25, -0.2) is 9.59 Å². The van der Waals surface area contributed by atoms with Crippen molar-refractivity contribution >= 4 is 53.1 Å². The second-order valence-corrected chi connectivity index (χ2v) is 18.4. The summed E-state index contributed by atoms with van der Waals surface area (Å²) in [5, 5.41) is 51.0. The van der Waals surface area contributed by atoms with Crippen molar-refractivity contribution in [2.24, 2.45) is 11.7 Å². The third kappa shape index (κ3) is 32.9. The van der Waals surface area contributed by atoms with Crippen LogP contribution in [0.1, 0.15) is 174 Å². The lowest BCUT2D eigenvalue weighted by Crippen LogP contribution is -2.49. The summed E-state index contributed by atoms with van der Waals surface area (Å²) in [6, 6.07) is 1.89. The molecule has 1 aromatic rings. The summed E-state index contributed by atoms with van der Waals surface area (Å²) in [5.41, 5.74) is 6.30. The zero-order valence-electron chi connectivity index (χ0n) is 41.0. The molecule has 4 amide bonds. The molecule has 1 aromatic carbocycles. The molecule has 1 rings (SSSR count). The molecule has 4 atom stereocenters. The van der Waals surface area contributed by atoms with E-state index in [1.165, 1.54) is 37.8 Å². The Hall–Kier alpha value is -5.43. The smallest absolute Gasteiger partial charge is 0.326 e. The number of phenols is 1. The van der Waals surface area contributed by atoms with Gasteiger partial charge in [0.25, 0.3) is 0 Å². The van der Waals surface area contributed by atoms with E-state index in [-0.39, 0.29) is 87.8 Å². The molecule has 0 spiro atoms. The van der Waals surface area contributed by atoms with Gasteiger partial charge in [-0.2, -0.15) is 0 Å². The van der Waals surface area contributed by atoms with Crippen LogP contribution in [-0.2, 0) is 49.6 Å². The van der Waals surface area contributed by atoms with Crippen LogP contribution in [-0.4, -0.2) is 117 Å². The SMILES string of the molecule is CC(C)CC(=O)CN[C@@H](CCCCNC(=O)CC[C@H](NC(=O)CC[C@H](NC(=O)CCCCCCCCCCCCCCCCC(=O)O)C(=O)O)C(=O)O)C(=O)CN[C@@H](Cc1ccc(O)cc1)C(N)=O. The number of primary amides is 1. The zero-order chi connectivity index (χ0) is 51.4. The van der Waals surface area contributed by atoms with E-state index in [2.05, 4.69) is 26.6 Å². The summed E-state index contributed by atoms with van der Waals surface area (Å²) in [5.74, 6) is -5.89. The first-order valence-corrected chi connectivity index (χ1v) is 25.0. The van der Waals surface area contributed by atoms with Gasteiger partial charge >= 0.3 is 17.9 Å². The van der Waals surface area contributed by atoms with Crippen LogP contribution in [0.5, 0.6) is 5.75 Å². The number of aliphatic carboxylic acids is 3. The van der Waals surface area contributed by atoms with Crippen molar-refractivity contribution in [3.63, 3.8) is 0 Å². The minimum atomic E-state index is -1.42. The van der Waals surface area contributed by atoms with Gasteiger partial charge in [-0.15, -0.1) is 0 Å². The number of amides is 4. The Morgan fingerprint density at radius 2 is 0.986 bits per heavy atom. The monoisotopic (exact) mass is 975 g/mol. The molecule has 19 nitrogen and oxygen atoms in total. The Bertz CT molecular complexity index is 1720. The molecular weight excluding hydrogens is 893 g/mol. The largest absolute Gasteiger partial charge is 0.508 e. The molecule has 0 saturated carbocycles. The van der Waals surface area contributed by atoms with Crippen molar-refractivity contribution < 1.29 is 63.6 Å². The summed E-state index contributed by atoms with van der Waals surface area (Å²) in [6.45, 7) is 3.80. The van der Waals surface area contributed by atoms with Gasteiger partial charge in [0.05, 0.1) is 25.2 Å². The Labute approximate surface area is 407 Å². The first-order chi connectivity index (χ1) is 32.9. The van der Waals surface area contributed by atoms with E-state index in [9.17, 15) is 58.5 Å². The van der Waals surface area contributed by atoms with Crippen molar-refractivity contribution in [3.05, 3.63) is 29.8 Å². The van der Waals surface area contributed by atoms with Gasteiger partial charge in [0.1, 0.15) is 23.6 Å². The van der Waals surface area contributed by atoms with E-state index >= 15 is 0 Å². The lowest BCUT2D eigenvalue weighted by atomic mass is 10.0. The van der Waals surface area contributed by atoms with Gasteiger partial charge in [-0.3, -0.25) is 38.9 Å². The van der Waals surface area contributed by atoms with Gasteiger partial charge in [-0.1, -0.05) is 103 Å². The van der Waals surface area contributed by atoms with Crippen molar-refractivity contribution in [2.75, 3.05) is 19.6 Å². The maximum absolute atomic E-state index is 13.3. The number of carboxylic acid groups (broad SMARTS) is 3. The summed E-state index contributed by atoms with van der Waals surface area (Å²) in [7, 11) is 0. The maximum Gasteiger partial charge on any atom is 0.326 e. The Balaban J connectivity index is 2.41. The van der Waals surface area contributed by atoms with Gasteiger partial charge in [-0.05, 0) is 75.0 Å². The molecule has 0 radical (unpaired) electrons. The predicted molar refractivity (Wildman–Crippen MR) is 260 cm³/mol. The highest BCUT2D eigenvalue weighted by Gasteiger charge is 2.25. The molecule has 0 heterocycles. The van der Waals surface area contributed by atoms with Crippen LogP contribution in [0.2, 0.25) is 0 Å². The molecule has 0 bridgehead atoms. The number of hydrogen-bond donors (Lipinski definition) is 10. The van der Waals surface area contributed by atoms with Crippen LogP contribution in [0.4, 0.5) is 0 Å². The quantitative estimate of drug-likeness (QED) is 0.0392. The molecule has 0 aromatic heterocycles. The van der Waals surface area contributed by atoms with E-state index in [4.69, 9.17) is 10.8 Å². The Morgan fingerprint density at radius 1 is 0.522 bits per heavy atom. The fourth-order valence-corrected chi connectivity index (χ4v) is 7.70. The molecule has 0 unspecified atom stereocenters. The van der Waals surface area contributed by atoms with E-state index in [0.29, 0.717) is 32.1 Å². The van der Waals surface area contributed by atoms with E-state index in [0.717, 1.165) is 63.4 Å². The summed E-state index contributed by atoms with van der Waals surface area (Å²) in [6.07, 6.45) is 15.5. The standard InChI is InChI=1S/C50H82N6O13/c1-35(2)31-38(58)33-53-39(43(59)34-54-42(48(51)65)32-36-22-24-37(57)25-23-36)19-17-18-30-52-44(60)28-26-40(49(66)67)56-46(62)29-27-41(50(68)69)55-45(61)20-15-13-11-9-7-5-3-4-6-8-10-12-14-16-21-47(63)64/h22-25,35,39-42,53-54,57H,3-21,26-34H2,1-2H3,(H2,51,65)(H,52,60)(H,55,61)(H,56,62)(H,63,64)(H,66,67)(H,68,69)/t39-,40-,41-,42-/m0/s1. The van der Waals surface area contributed by atoms with Crippen molar-refractivity contribution in [1.29, 1.82) is 0 Å². The minimum absolute atomic E-state index is 0.0252. The number of nitrogens with one attached hydrogen (secondary N) is 5. The van der Waals surface area contributed by atoms with Gasteiger partial charge < -0.3 is 47.4 Å². The Kier molecular flexibility index (Phi) is 33.4. The van der Waals surface area contributed by atoms with Crippen molar-refractivity contribution in [2.45, 2.75) is 199 Å². The molecule has 11 N–H and O–H groups in total. The number of ketones is 2. The first-order valence-electron chi connectivity index (χ1n) is 25.0. The van der Waals surface area contributed by atoms with E-state index < -0.39 is 65.7 Å². The molecule has 390 valence electrons. The van der Waals surface area contributed by atoms with Crippen molar-refractivity contribution in [1.82, 2.24) is 26.6 Å². The molecule has 19 heteroatoms. The fourth-order valence-electron chi connectivity index (χ4n) is 7.70. The summed E-state index contributed by atoms with van der Waals surface area (Å²) < 4.78 is 0.